The van der Waals surface area contributed by atoms with Crippen molar-refractivity contribution in [1.82, 2.24) is 25.0 Å². The Morgan fingerprint density at radius 3 is 2.48 bits per heavy atom. The molecule has 31 heavy (non-hydrogen) atoms. The molecule has 1 amide bonds. The summed E-state index contributed by atoms with van der Waals surface area (Å²) in [4.78, 5) is 14.9. The number of aromatic nitrogens is 3. The molecule has 1 saturated heterocycles. The SMILES string of the molecule is O=C(CSc1nnc(CN2CCCCC2)n1Cc1ccccc1)NCC1CCCCC1. The van der Waals surface area contributed by atoms with E-state index in [1.807, 2.05) is 6.07 Å². The summed E-state index contributed by atoms with van der Waals surface area (Å²) in [5.74, 6) is 2.14. The van der Waals surface area contributed by atoms with Crippen LogP contribution in [0.25, 0.3) is 0 Å². The van der Waals surface area contributed by atoms with Crippen LogP contribution in [0, 0.1) is 5.92 Å². The Labute approximate surface area is 190 Å². The largest absolute Gasteiger partial charge is 0.355 e. The van der Waals surface area contributed by atoms with Crippen LogP contribution in [0.1, 0.15) is 62.8 Å². The van der Waals surface area contributed by atoms with Crippen LogP contribution in [0.4, 0.5) is 0 Å². The van der Waals surface area contributed by atoms with Crippen molar-refractivity contribution >= 4 is 17.7 Å². The first-order valence-corrected chi connectivity index (χ1v) is 12.8. The van der Waals surface area contributed by atoms with Crippen molar-refractivity contribution in [3.63, 3.8) is 0 Å². The van der Waals surface area contributed by atoms with E-state index in [1.165, 1.54) is 68.7 Å². The third-order valence-electron chi connectivity index (χ3n) is 6.44. The average molecular weight is 442 g/mol. The normalized spacial score (nSPS) is 18.2. The number of rotatable bonds is 9. The fraction of sp³-hybridized carbons (Fsp3) is 0.625. The van der Waals surface area contributed by atoms with Crippen LogP contribution < -0.4 is 5.32 Å². The van der Waals surface area contributed by atoms with Crippen LogP contribution in [-0.4, -0.2) is 51.0 Å². The quantitative estimate of drug-likeness (QED) is 0.594. The van der Waals surface area contributed by atoms with Gasteiger partial charge in [0.25, 0.3) is 0 Å². The minimum atomic E-state index is 0.0995. The summed E-state index contributed by atoms with van der Waals surface area (Å²) >= 11 is 1.50. The van der Waals surface area contributed by atoms with Gasteiger partial charge >= 0.3 is 0 Å². The monoisotopic (exact) mass is 441 g/mol. The van der Waals surface area contributed by atoms with Gasteiger partial charge in [-0.3, -0.25) is 9.69 Å². The van der Waals surface area contributed by atoms with Crippen LogP contribution in [0.15, 0.2) is 35.5 Å². The van der Waals surface area contributed by atoms with Crippen molar-refractivity contribution < 1.29 is 4.79 Å². The molecule has 2 fully saturated rings. The Hall–Kier alpha value is -1.86. The lowest BCUT2D eigenvalue weighted by Crippen LogP contribution is -2.31. The molecular formula is C24H35N5OS. The highest BCUT2D eigenvalue weighted by Crippen LogP contribution is 2.23. The van der Waals surface area contributed by atoms with Crippen LogP contribution >= 0.6 is 11.8 Å². The van der Waals surface area contributed by atoms with Gasteiger partial charge in [-0.2, -0.15) is 0 Å². The summed E-state index contributed by atoms with van der Waals surface area (Å²) in [6.07, 6.45) is 10.3. The van der Waals surface area contributed by atoms with Crippen molar-refractivity contribution in [2.75, 3.05) is 25.4 Å². The number of carbonyl (C=O) groups excluding carboxylic acids is 1. The second kappa shape index (κ2) is 11.7. The maximum Gasteiger partial charge on any atom is 0.230 e. The predicted molar refractivity (Wildman–Crippen MR) is 125 cm³/mol. The lowest BCUT2D eigenvalue weighted by Gasteiger charge is -2.26. The van der Waals surface area contributed by atoms with E-state index in [0.717, 1.165) is 43.7 Å². The molecule has 0 unspecified atom stereocenters. The van der Waals surface area contributed by atoms with Crippen LogP contribution in [0.2, 0.25) is 0 Å². The van der Waals surface area contributed by atoms with Gasteiger partial charge in [0.15, 0.2) is 5.16 Å². The molecule has 4 rings (SSSR count). The van der Waals surface area contributed by atoms with Crippen LogP contribution in [0.5, 0.6) is 0 Å². The number of amides is 1. The minimum Gasteiger partial charge on any atom is -0.355 e. The van der Waals surface area contributed by atoms with Crippen molar-refractivity contribution in [1.29, 1.82) is 0 Å². The van der Waals surface area contributed by atoms with Crippen molar-refractivity contribution in [3.05, 3.63) is 41.7 Å². The van der Waals surface area contributed by atoms with Crippen LogP contribution in [-0.2, 0) is 17.9 Å². The maximum atomic E-state index is 12.5. The molecule has 1 N–H and O–H groups in total. The zero-order valence-corrected chi connectivity index (χ0v) is 19.3. The second-order valence-corrected chi connectivity index (χ2v) is 9.85. The molecule has 0 atom stereocenters. The minimum absolute atomic E-state index is 0.0995. The molecule has 0 spiro atoms. The Morgan fingerprint density at radius 2 is 1.71 bits per heavy atom. The molecule has 1 aliphatic carbocycles. The highest BCUT2D eigenvalue weighted by molar-refractivity contribution is 7.99. The number of hydrogen-bond acceptors (Lipinski definition) is 5. The number of nitrogens with zero attached hydrogens (tertiary/aromatic N) is 4. The second-order valence-electron chi connectivity index (χ2n) is 8.90. The highest BCUT2D eigenvalue weighted by atomic mass is 32.2. The first-order chi connectivity index (χ1) is 15.3. The van der Waals surface area contributed by atoms with Gasteiger partial charge < -0.3 is 9.88 Å². The van der Waals surface area contributed by atoms with Gasteiger partial charge in [-0.25, -0.2) is 0 Å². The van der Waals surface area contributed by atoms with Crippen LogP contribution in [0.3, 0.4) is 0 Å². The number of hydrogen-bond donors (Lipinski definition) is 1. The molecule has 0 bridgehead atoms. The van der Waals surface area contributed by atoms with E-state index in [0.29, 0.717) is 11.7 Å². The molecule has 1 aromatic carbocycles. The average Bonchev–Trinajstić information content (AvgIpc) is 3.19. The lowest BCUT2D eigenvalue weighted by atomic mass is 9.89. The number of likely N-dealkylation sites (tertiary alicyclic amines) is 1. The zero-order valence-electron chi connectivity index (χ0n) is 18.5. The summed E-state index contributed by atoms with van der Waals surface area (Å²) < 4.78 is 2.20. The fourth-order valence-electron chi connectivity index (χ4n) is 4.62. The number of benzene rings is 1. The topological polar surface area (TPSA) is 63.1 Å². The van der Waals surface area contributed by atoms with E-state index in [1.54, 1.807) is 0 Å². The van der Waals surface area contributed by atoms with Gasteiger partial charge in [0.1, 0.15) is 5.82 Å². The Kier molecular flexibility index (Phi) is 8.41. The maximum absolute atomic E-state index is 12.5. The van der Waals surface area contributed by atoms with Gasteiger partial charge in [0, 0.05) is 6.54 Å². The Balaban J connectivity index is 1.37. The number of piperidine rings is 1. The van der Waals surface area contributed by atoms with E-state index in [2.05, 4.69) is 49.2 Å². The van der Waals surface area contributed by atoms with Gasteiger partial charge in [0.2, 0.25) is 5.91 Å². The standard InChI is InChI=1S/C24H35N5OS/c30-23(25-16-20-10-4-1-5-11-20)19-31-24-27-26-22(18-28-14-8-3-9-15-28)29(24)17-21-12-6-2-7-13-21/h2,6-7,12-13,20H,1,3-5,8-11,14-19H2,(H,25,30). The molecule has 1 aromatic heterocycles. The molecule has 2 heterocycles. The number of nitrogens with one attached hydrogen (secondary N) is 1. The summed E-state index contributed by atoms with van der Waals surface area (Å²) in [6.45, 7) is 4.64. The lowest BCUT2D eigenvalue weighted by molar-refractivity contribution is -0.118. The zero-order chi connectivity index (χ0) is 21.3. The number of carbonyl (C=O) groups is 1. The smallest absolute Gasteiger partial charge is 0.230 e. The summed E-state index contributed by atoms with van der Waals surface area (Å²) in [6, 6.07) is 10.4. The molecular weight excluding hydrogens is 406 g/mol. The van der Waals surface area contributed by atoms with E-state index in [4.69, 9.17) is 0 Å². The Bertz CT molecular complexity index is 813. The van der Waals surface area contributed by atoms with Gasteiger partial charge in [-0.15, -0.1) is 10.2 Å². The molecule has 2 aliphatic rings. The van der Waals surface area contributed by atoms with E-state index in [9.17, 15) is 4.79 Å². The van der Waals surface area contributed by atoms with E-state index >= 15 is 0 Å². The fourth-order valence-corrected chi connectivity index (χ4v) is 5.40. The Morgan fingerprint density at radius 1 is 0.968 bits per heavy atom. The van der Waals surface area contributed by atoms with Crippen molar-refractivity contribution in [2.24, 2.45) is 5.92 Å². The molecule has 6 nitrogen and oxygen atoms in total. The third-order valence-corrected chi connectivity index (χ3v) is 7.40. The summed E-state index contributed by atoms with van der Waals surface area (Å²) in [7, 11) is 0. The molecule has 1 aliphatic heterocycles. The van der Waals surface area contributed by atoms with E-state index in [-0.39, 0.29) is 5.91 Å². The first-order valence-electron chi connectivity index (χ1n) is 11.9. The molecule has 2 aromatic rings. The highest BCUT2D eigenvalue weighted by Gasteiger charge is 2.19. The molecule has 7 heteroatoms. The number of thioether (sulfide) groups is 1. The van der Waals surface area contributed by atoms with Gasteiger partial charge in [-0.05, 0) is 50.3 Å². The summed E-state index contributed by atoms with van der Waals surface area (Å²) in [5, 5.41) is 13.0. The van der Waals surface area contributed by atoms with E-state index < -0.39 is 0 Å². The predicted octanol–water partition coefficient (Wildman–Crippen LogP) is 4.10. The molecule has 0 radical (unpaired) electrons. The van der Waals surface area contributed by atoms with Crippen molar-refractivity contribution in [2.45, 2.75) is 69.6 Å². The summed E-state index contributed by atoms with van der Waals surface area (Å²) in [5.41, 5.74) is 1.23. The third kappa shape index (κ3) is 6.81. The molecule has 168 valence electrons. The first kappa shape index (κ1) is 22.3. The van der Waals surface area contributed by atoms with Gasteiger partial charge in [0.05, 0.1) is 18.8 Å². The molecule has 1 saturated carbocycles. The van der Waals surface area contributed by atoms with Crippen molar-refractivity contribution in [3.8, 4) is 0 Å². The van der Waals surface area contributed by atoms with Gasteiger partial charge in [-0.1, -0.05) is 67.8 Å².